The molecule has 3 nitrogen and oxygen atoms in total. The monoisotopic (exact) mass is 625 g/mol. The Hall–Kier alpha value is -6.46. The highest BCUT2D eigenvalue weighted by molar-refractivity contribution is 7.22. The molecule has 0 aliphatic carbocycles. The first-order valence-corrected chi connectivity index (χ1v) is 18.0. The van der Waals surface area contributed by atoms with Crippen molar-refractivity contribution in [2.75, 3.05) is 0 Å². The van der Waals surface area contributed by atoms with Crippen molar-refractivity contribution in [3.8, 4) is 34.0 Å². The molecule has 0 saturated carbocycles. The van der Waals surface area contributed by atoms with E-state index in [0.717, 1.165) is 33.1 Å². The molecule has 1 aliphatic rings. The van der Waals surface area contributed by atoms with Gasteiger partial charge in [-0.1, -0.05) is 133 Å². The van der Waals surface area contributed by atoms with Gasteiger partial charge >= 0.3 is 0 Å². The predicted molar refractivity (Wildman–Crippen MR) is 200 cm³/mol. The van der Waals surface area contributed by atoms with Crippen molar-refractivity contribution in [3.05, 3.63) is 181 Å². The largest absolute Gasteiger partial charge is 0.309 e. The van der Waals surface area contributed by atoms with E-state index >= 15 is 0 Å². The molecule has 1 aromatic heterocycles. The molecule has 0 N–H and O–H groups in total. The quantitative estimate of drug-likeness (QED) is 0.143. The van der Waals surface area contributed by atoms with Crippen LogP contribution in [-0.4, -0.2) is 12.6 Å². The lowest BCUT2D eigenvalue weighted by Gasteiger charge is -2.31. The number of hydrogen-bond donors (Lipinski definition) is 0. The third-order valence-electron chi connectivity index (χ3n) is 9.95. The summed E-state index contributed by atoms with van der Waals surface area (Å²) in [6, 6.07) is 60.6. The Balaban J connectivity index is 1.39. The number of nitriles is 1. The van der Waals surface area contributed by atoms with Gasteiger partial charge in [0.05, 0.1) is 23.7 Å². The van der Waals surface area contributed by atoms with E-state index in [4.69, 9.17) is 6.57 Å². The van der Waals surface area contributed by atoms with E-state index in [1.807, 2.05) is 12.1 Å². The Labute approximate surface area is 280 Å². The summed E-state index contributed by atoms with van der Waals surface area (Å²) in [5.41, 5.74) is 8.39. The Morgan fingerprint density at radius 2 is 1.19 bits per heavy atom. The Kier molecular flexibility index (Phi) is 6.27. The number of aromatic nitrogens is 1. The lowest BCUT2D eigenvalue weighted by atomic mass is 9.94. The zero-order chi connectivity index (χ0) is 32.2. The third-order valence-corrected chi connectivity index (χ3v) is 14.8. The molecule has 222 valence electrons. The first-order chi connectivity index (χ1) is 23.8. The molecule has 0 bridgehead atoms. The van der Waals surface area contributed by atoms with Gasteiger partial charge in [-0.05, 0) is 67.8 Å². The van der Waals surface area contributed by atoms with E-state index in [2.05, 4.69) is 149 Å². The molecule has 0 fully saturated rings. The summed E-state index contributed by atoms with van der Waals surface area (Å²) in [6.07, 6.45) is 0. The Morgan fingerprint density at radius 1 is 0.562 bits per heavy atom. The molecule has 48 heavy (non-hydrogen) atoms. The first kappa shape index (κ1) is 27.8. The van der Waals surface area contributed by atoms with E-state index < -0.39 is 8.07 Å². The molecule has 0 saturated heterocycles. The van der Waals surface area contributed by atoms with Crippen molar-refractivity contribution in [2.45, 2.75) is 0 Å². The average Bonchev–Trinajstić information content (AvgIpc) is 3.66. The zero-order valence-electron chi connectivity index (χ0n) is 25.9. The van der Waals surface area contributed by atoms with Crippen LogP contribution >= 0.6 is 0 Å². The normalized spacial score (nSPS) is 12.7. The fourth-order valence-electron chi connectivity index (χ4n) is 8.09. The SMILES string of the molecule is [C-]#[N+]c1cccc(C#N)c1-c1cccc2c1c1ccccc1n2-c1ccc2c(c1)[Si](c1ccccc1)(c1ccccc1)c1ccccc1-2. The van der Waals surface area contributed by atoms with Crippen LogP contribution in [0.25, 0.3) is 54.6 Å². The van der Waals surface area contributed by atoms with Crippen LogP contribution < -0.4 is 20.7 Å². The Morgan fingerprint density at radius 3 is 1.94 bits per heavy atom. The van der Waals surface area contributed by atoms with Crippen LogP contribution in [0.1, 0.15) is 5.56 Å². The average molecular weight is 626 g/mol. The Bertz CT molecular complexity index is 2570. The summed E-state index contributed by atoms with van der Waals surface area (Å²) in [7, 11) is -2.68. The summed E-state index contributed by atoms with van der Waals surface area (Å²) < 4.78 is 2.36. The molecule has 9 rings (SSSR count). The van der Waals surface area contributed by atoms with Crippen molar-refractivity contribution in [1.29, 1.82) is 5.26 Å². The standard InChI is InChI=1S/C44H27N3Si/c1-46-38-22-12-14-30(29-45)43(38)37-21-13-24-40-44(37)36-20-8-10-23-39(36)47(40)31-26-27-35-34-19-9-11-25-41(34)48(42(35)28-31,32-15-4-2-5-16-32)33-17-6-3-7-18-33/h2-28H. The van der Waals surface area contributed by atoms with Crippen molar-refractivity contribution in [1.82, 2.24) is 4.57 Å². The summed E-state index contributed by atoms with van der Waals surface area (Å²) in [5, 5.41) is 17.8. The minimum atomic E-state index is -2.68. The third kappa shape index (κ3) is 3.79. The van der Waals surface area contributed by atoms with Gasteiger partial charge in [-0.2, -0.15) is 5.26 Å². The number of rotatable bonds is 4. The maximum absolute atomic E-state index is 10.1. The summed E-state index contributed by atoms with van der Waals surface area (Å²) in [5.74, 6) is 0. The highest BCUT2D eigenvalue weighted by atomic mass is 28.3. The minimum Gasteiger partial charge on any atom is -0.309 e. The first-order valence-electron chi connectivity index (χ1n) is 16.0. The second kappa shape index (κ2) is 10.8. The van der Waals surface area contributed by atoms with Crippen LogP contribution in [0.5, 0.6) is 0 Å². The van der Waals surface area contributed by atoms with Crippen molar-refractivity contribution in [3.63, 3.8) is 0 Å². The molecule has 7 aromatic carbocycles. The molecular formula is C44H27N3Si. The number of nitrogens with zero attached hydrogens (tertiary/aromatic N) is 3. The van der Waals surface area contributed by atoms with E-state index in [-0.39, 0.29) is 0 Å². The molecule has 4 heteroatoms. The van der Waals surface area contributed by atoms with Gasteiger partial charge in [0.2, 0.25) is 0 Å². The van der Waals surface area contributed by atoms with Gasteiger partial charge in [0.15, 0.2) is 13.8 Å². The topological polar surface area (TPSA) is 33.1 Å². The van der Waals surface area contributed by atoms with Gasteiger partial charge in [-0.25, -0.2) is 4.85 Å². The maximum Gasteiger partial charge on any atom is 0.196 e. The molecular weight excluding hydrogens is 599 g/mol. The summed E-state index contributed by atoms with van der Waals surface area (Å²) in [4.78, 5) is 3.84. The predicted octanol–water partition coefficient (Wildman–Crippen LogP) is 8.23. The van der Waals surface area contributed by atoms with Gasteiger partial charge < -0.3 is 4.57 Å². The number of fused-ring (bicyclic) bond motifs is 6. The van der Waals surface area contributed by atoms with Gasteiger partial charge in [-0.15, -0.1) is 0 Å². The van der Waals surface area contributed by atoms with Crippen LogP contribution in [0.2, 0.25) is 0 Å². The molecule has 8 aromatic rings. The molecule has 0 atom stereocenters. The number of benzene rings is 7. The molecule has 0 spiro atoms. The molecule has 0 unspecified atom stereocenters. The van der Waals surface area contributed by atoms with E-state index in [9.17, 15) is 5.26 Å². The highest BCUT2D eigenvalue weighted by Gasteiger charge is 2.48. The molecule has 1 aliphatic heterocycles. The molecule has 0 amide bonds. The van der Waals surface area contributed by atoms with Crippen molar-refractivity contribution >= 4 is 56.3 Å². The van der Waals surface area contributed by atoms with Gasteiger partial charge in [0, 0.05) is 27.6 Å². The number of hydrogen-bond acceptors (Lipinski definition) is 1. The minimum absolute atomic E-state index is 0.482. The fourth-order valence-corrected chi connectivity index (χ4v) is 13.3. The summed E-state index contributed by atoms with van der Waals surface area (Å²) >= 11 is 0. The second-order valence-electron chi connectivity index (χ2n) is 12.2. The van der Waals surface area contributed by atoms with Crippen LogP contribution in [-0.2, 0) is 0 Å². The van der Waals surface area contributed by atoms with Gasteiger partial charge in [0.25, 0.3) is 0 Å². The summed E-state index contributed by atoms with van der Waals surface area (Å²) in [6.45, 7) is 7.94. The second-order valence-corrected chi connectivity index (χ2v) is 16.0. The van der Waals surface area contributed by atoms with Crippen LogP contribution in [0.3, 0.4) is 0 Å². The van der Waals surface area contributed by atoms with Crippen molar-refractivity contribution in [2.24, 2.45) is 0 Å². The van der Waals surface area contributed by atoms with E-state index in [0.29, 0.717) is 16.8 Å². The smallest absolute Gasteiger partial charge is 0.196 e. The fraction of sp³-hybridized carbons (Fsp3) is 0. The van der Waals surface area contributed by atoms with Crippen LogP contribution in [0.15, 0.2) is 164 Å². The van der Waals surface area contributed by atoms with E-state index in [1.165, 1.54) is 31.9 Å². The van der Waals surface area contributed by atoms with Gasteiger partial charge in [-0.3, -0.25) is 0 Å². The zero-order valence-corrected chi connectivity index (χ0v) is 26.9. The highest BCUT2D eigenvalue weighted by Crippen LogP contribution is 2.43. The van der Waals surface area contributed by atoms with Gasteiger partial charge in [0.1, 0.15) is 0 Å². The van der Waals surface area contributed by atoms with Crippen molar-refractivity contribution < 1.29 is 0 Å². The molecule has 2 heterocycles. The van der Waals surface area contributed by atoms with Crippen LogP contribution in [0.4, 0.5) is 5.69 Å². The van der Waals surface area contributed by atoms with Crippen LogP contribution in [0, 0.1) is 17.9 Å². The lowest BCUT2D eigenvalue weighted by Crippen LogP contribution is -2.72. The number of para-hydroxylation sites is 1. The lowest BCUT2D eigenvalue weighted by molar-refractivity contribution is 1.18. The maximum atomic E-state index is 10.1. The van der Waals surface area contributed by atoms with E-state index in [1.54, 1.807) is 18.2 Å². The molecule has 0 radical (unpaired) electrons.